The Morgan fingerprint density at radius 3 is 2.69 bits per heavy atom. The summed E-state index contributed by atoms with van der Waals surface area (Å²) < 4.78 is 0. The van der Waals surface area contributed by atoms with Crippen LogP contribution in [0, 0.1) is 12.8 Å². The molecule has 0 N–H and O–H groups in total. The van der Waals surface area contributed by atoms with Crippen molar-refractivity contribution in [3.8, 4) is 0 Å². The van der Waals surface area contributed by atoms with Crippen LogP contribution in [0.15, 0.2) is 30.5 Å². The summed E-state index contributed by atoms with van der Waals surface area (Å²) >= 11 is 0. The molecular weight excluding hydrogens is 198 g/mol. The van der Waals surface area contributed by atoms with Crippen molar-refractivity contribution in [1.82, 2.24) is 4.98 Å². The summed E-state index contributed by atoms with van der Waals surface area (Å²) in [6.45, 7) is 5.86. The number of hydrogen-bond donors (Lipinski definition) is 0. The molecule has 2 rings (SSSR count). The molecule has 0 spiro atoms. The Hall–Kier alpha value is -1.70. The van der Waals surface area contributed by atoms with Crippen molar-refractivity contribution in [2.75, 3.05) is 0 Å². The fourth-order valence-corrected chi connectivity index (χ4v) is 1.82. The second-order valence-electron chi connectivity index (χ2n) is 4.35. The van der Waals surface area contributed by atoms with Gasteiger partial charge in [0.05, 0.1) is 5.52 Å². The molecule has 0 aliphatic carbocycles. The number of hydrogen-bond acceptors (Lipinski definition) is 2. The number of rotatable bonds is 2. The number of Topliss-reactive ketones (excluding diaryl/α,β-unsaturated/α-hetero) is 1. The number of fused-ring (bicyclic) bond motifs is 1. The molecule has 0 saturated carbocycles. The molecule has 1 aromatic carbocycles. The van der Waals surface area contributed by atoms with Gasteiger partial charge in [-0.15, -0.1) is 0 Å². The second kappa shape index (κ2) is 4.05. The van der Waals surface area contributed by atoms with Crippen LogP contribution >= 0.6 is 0 Å². The van der Waals surface area contributed by atoms with E-state index in [9.17, 15) is 4.79 Å². The first-order valence-electron chi connectivity index (χ1n) is 5.50. The molecular formula is C14H15NO. The highest BCUT2D eigenvalue weighted by molar-refractivity contribution is 6.07. The van der Waals surface area contributed by atoms with Crippen molar-refractivity contribution >= 4 is 16.7 Å². The predicted molar refractivity (Wildman–Crippen MR) is 65.6 cm³/mol. The summed E-state index contributed by atoms with van der Waals surface area (Å²) in [4.78, 5) is 16.4. The van der Waals surface area contributed by atoms with E-state index < -0.39 is 0 Å². The SMILES string of the molecule is Cc1ccnc2c(C(=O)C(C)C)cccc12. The van der Waals surface area contributed by atoms with Crippen LogP contribution in [-0.4, -0.2) is 10.8 Å². The molecule has 16 heavy (non-hydrogen) atoms. The largest absolute Gasteiger partial charge is 0.294 e. The van der Waals surface area contributed by atoms with E-state index in [1.54, 1.807) is 6.20 Å². The van der Waals surface area contributed by atoms with Crippen LogP contribution in [0.1, 0.15) is 29.8 Å². The first-order valence-corrected chi connectivity index (χ1v) is 5.50. The number of benzene rings is 1. The van der Waals surface area contributed by atoms with Gasteiger partial charge in [0, 0.05) is 23.1 Å². The molecule has 1 heterocycles. The summed E-state index contributed by atoms with van der Waals surface area (Å²) in [6, 6.07) is 7.75. The topological polar surface area (TPSA) is 30.0 Å². The highest BCUT2D eigenvalue weighted by Crippen LogP contribution is 2.21. The molecule has 0 bridgehead atoms. The standard InChI is InChI=1S/C14H15NO/c1-9(2)14(16)12-6-4-5-11-10(3)7-8-15-13(11)12/h4-9H,1-3H3. The van der Waals surface area contributed by atoms with E-state index in [0.29, 0.717) is 0 Å². The minimum Gasteiger partial charge on any atom is -0.294 e. The molecule has 0 amide bonds. The predicted octanol–water partition coefficient (Wildman–Crippen LogP) is 3.38. The van der Waals surface area contributed by atoms with Gasteiger partial charge < -0.3 is 0 Å². The number of carbonyl (C=O) groups is 1. The van der Waals surface area contributed by atoms with Crippen molar-refractivity contribution in [2.45, 2.75) is 20.8 Å². The molecule has 0 aliphatic heterocycles. The fourth-order valence-electron chi connectivity index (χ4n) is 1.82. The average molecular weight is 213 g/mol. The van der Waals surface area contributed by atoms with Gasteiger partial charge in [-0.2, -0.15) is 0 Å². The lowest BCUT2D eigenvalue weighted by molar-refractivity contribution is 0.0941. The summed E-state index contributed by atoms with van der Waals surface area (Å²) in [5.74, 6) is 0.164. The molecule has 2 nitrogen and oxygen atoms in total. The highest BCUT2D eigenvalue weighted by atomic mass is 16.1. The van der Waals surface area contributed by atoms with E-state index in [4.69, 9.17) is 0 Å². The van der Waals surface area contributed by atoms with Crippen LogP contribution < -0.4 is 0 Å². The molecule has 82 valence electrons. The lowest BCUT2D eigenvalue weighted by atomic mass is 9.97. The van der Waals surface area contributed by atoms with E-state index in [1.165, 1.54) is 0 Å². The zero-order valence-corrected chi connectivity index (χ0v) is 9.82. The van der Waals surface area contributed by atoms with Crippen LogP contribution in [0.4, 0.5) is 0 Å². The first-order chi connectivity index (χ1) is 7.61. The third-order valence-electron chi connectivity index (χ3n) is 2.78. The van der Waals surface area contributed by atoms with Crippen LogP contribution in [0.25, 0.3) is 10.9 Å². The molecule has 2 aromatic rings. The third-order valence-corrected chi connectivity index (χ3v) is 2.78. The highest BCUT2D eigenvalue weighted by Gasteiger charge is 2.14. The Morgan fingerprint density at radius 2 is 2.00 bits per heavy atom. The average Bonchev–Trinajstić information content (AvgIpc) is 2.28. The molecule has 2 heteroatoms. The smallest absolute Gasteiger partial charge is 0.167 e. The summed E-state index contributed by atoms with van der Waals surface area (Å²) in [5.41, 5.74) is 2.71. The molecule has 0 unspecified atom stereocenters. The number of para-hydroxylation sites is 1. The van der Waals surface area contributed by atoms with E-state index in [1.807, 2.05) is 45.0 Å². The number of carbonyl (C=O) groups excluding carboxylic acids is 1. The second-order valence-corrected chi connectivity index (χ2v) is 4.35. The van der Waals surface area contributed by atoms with Gasteiger partial charge in [0.25, 0.3) is 0 Å². The summed E-state index contributed by atoms with van der Waals surface area (Å²) in [7, 11) is 0. The lowest BCUT2D eigenvalue weighted by Gasteiger charge is -2.08. The number of aromatic nitrogens is 1. The zero-order valence-electron chi connectivity index (χ0n) is 9.82. The van der Waals surface area contributed by atoms with Gasteiger partial charge in [0.1, 0.15) is 0 Å². The minimum absolute atomic E-state index is 0.00733. The maximum absolute atomic E-state index is 12.0. The van der Waals surface area contributed by atoms with Crippen LogP contribution in [0.3, 0.4) is 0 Å². The van der Waals surface area contributed by atoms with Crippen molar-refractivity contribution in [2.24, 2.45) is 5.92 Å². The lowest BCUT2D eigenvalue weighted by Crippen LogP contribution is -2.08. The van der Waals surface area contributed by atoms with E-state index in [-0.39, 0.29) is 11.7 Å². The van der Waals surface area contributed by atoms with Gasteiger partial charge in [-0.25, -0.2) is 0 Å². The Morgan fingerprint density at radius 1 is 1.25 bits per heavy atom. The maximum atomic E-state index is 12.0. The molecule has 0 radical (unpaired) electrons. The van der Waals surface area contributed by atoms with Crippen LogP contribution in [0.5, 0.6) is 0 Å². The first kappa shape index (κ1) is 10.8. The van der Waals surface area contributed by atoms with Crippen LogP contribution in [-0.2, 0) is 0 Å². The van der Waals surface area contributed by atoms with Crippen molar-refractivity contribution in [3.63, 3.8) is 0 Å². The quantitative estimate of drug-likeness (QED) is 0.716. The van der Waals surface area contributed by atoms with E-state index >= 15 is 0 Å². The number of pyridine rings is 1. The van der Waals surface area contributed by atoms with Gasteiger partial charge in [0.15, 0.2) is 5.78 Å². The summed E-state index contributed by atoms with van der Waals surface area (Å²) in [6.07, 6.45) is 1.76. The Kier molecular flexibility index (Phi) is 2.73. The van der Waals surface area contributed by atoms with Crippen molar-refractivity contribution in [3.05, 3.63) is 41.6 Å². The number of ketones is 1. The number of nitrogens with zero attached hydrogens (tertiary/aromatic N) is 1. The Bertz CT molecular complexity index is 543. The molecule has 0 saturated heterocycles. The Balaban J connectivity index is 2.72. The minimum atomic E-state index is 0.00733. The molecule has 0 aliphatic rings. The van der Waals surface area contributed by atoms with E-state index in [2.05, 4.69) is 4.98 Å². The zero-order chi connectivity index (χ0) is 11.7. The van der Waals surface area contributed by atoms with Crippen molar-refractivity contribution in [1.29, 1.82) is 0 Å². The van der Waals surface area contributed by atoms with Gasteiger partial charge in [-0.05, 0) is 24.6 Å². The van der Waals surface area contributed by atoms with Gasteiger partial charge in [0.2, 0.25) is 0 Å². The van der Waals surface area contributed by atoms with E-state index in [0.717, 1.165) is 22.0 Å². The Labute approximate surface area is 95.3 Å². The molecule has 0 fully saturated rings. The van der Waals surface area contributed by atoms with Crippen LogP contribution in [0.2, 0.25) is 0 Å². The fraction of sp³-hybridized carbons (Fsp3) is 0.286. The molecule has 0 atom stereocenters. The summed E-state index contributed by atoms with van der Waals surface area (Å²) in [5, 5.41) is 1.06. The van der Waals surface area contributed by atoms with Gasteiger partial charge in [-0.1, -0.05) is 26.0 Å². The maximum Gasteiger partial charge on any atom is 0.167 e. The number of aryl methyl sites for hydroxylation is 1. The third kappa shape index (κ3) is 1.71. The normalized spacial score (nSPS) is 11.0. The molecule has 1 aromatic heterocycles. The van der Waals surface area contributed by atoms with Gasteiger partial charge in [-0.3, -0.25) is 9.78 Å². The van der Waals surface area contributed by atoms with Crippen molar-refractivity contribution < 1.29 is 4.79 Å². The monoisotopic (exact) mass is 213 g/mol. The van der Waals surface area contributed by atoms with Gasteiger partial charge >= 0.3 is 0 Å².